The molecule has 0 atom stereocenters. The number of hydrogen-bond donors (Lipinski definition) is 2. The third-order valence-corrected chi connectivity index (χ3v) is 5.20. The molecule has 0 spiro atoms. The Balaban J connectivity index is 2.47. The van der Waals surface area contributed by atoms with Gasteiger partial charge in [0, 0.05) is 0 Å². The van der Waals surface area contributed by atoms with Gasteiger partial charge in [0.15, 0.2) is 0 Å². The summed E-state index contributed by atoms with van der Waals surface area (Å²) in [5, 5.41) is 5.06. The lowest BCUT2D eigenvalue weighted by molar-refractivity contribution is 0.403. The second-order valence-corrected chi connectivity index (χ2v) is 7.63. The number of benzene rings is 2. The molecule has 0 unspecified atom stereocenters. The maximum atomic E-state index is 13.6. The van der Waals surface area contributed by atoms with Crippen LogP contribution in [-0.2, 0) is 20.0 Å². The quantitative estimate of drug-likeness (QED) is 0.833. The Morgan fingerprint density at radius 1 is 1.04 bits per heavy atom. The lowest BCUT2D eigenvalue weighted by Crippen LogP contribution is -2.17. The van der Waals surface area contributed by atoms with Gasteiger partial charge in [0.05, 0.1) is 12.8 Å². The van der Waals surface area contributed by atoms with Crippen molar-refractivity contribution >= 4 is 25.7 Å². The summed E-state index contributed by atoms with van der Waals surface area (Å²) < 4.78 is 68.0. The van der Waals surface area contributed by atoms with Gasteiger partial charge in [-0.3, -0.25) is 4.72 Å². The average Bonchev–Trinajstić information content (AvgIpc) is 2.46. The number of anilines is 1. The van der Waals surface area contributed by atoms with Gasteiger partial charge >= 0.3 is 0 Å². The van der Waals surface area contributed by atoms with Crippen molar-refractivity contribution in [3.8, 4) is 5.75 Å². The number of ether oxygens (including phenoxy) is 1. The van der Waals surface area contributed by atoms with Gasteiger partial charge in [-0.2, -0.15) is 0 Å². The Hall–Kier alpha value is -2.17. The number of nitrogens with two attached hydrogens (primary N) is 1. The van der Waals surface area contributed by atoms with Gasteiger partial charge in [0.25, 0.3) is 10.0 Å². The van der Waals surface area contributed by atoms with E-state index in [-0.39, 0.29) is 11.4 Å². The van der Waals surface area contributed by atoms with Crippen molar-refractivity contribution in [1.29, 1.82) is 0 Å². The molecule has 7 nitrogen and oxygen atoms in total. The van der Waals surface area contributed by atoms with Crippen LogP contribution in [0.15, 0.2) is 52.3 Å². The molecular formula is C13H13FN2O5S2. The van der Waals surface area contributed by atoms with Crippen molar-refractivity contribution in [3.63, 3.8) is 0 Å². The lowest BCUT2D eigenvalue weighted by Gasteiger charge is -2.12. The highest BCUT2D eigenvalue weighted by Crippen LogP contribution is 2.27. The molecule has 0 aliphatic carbocycles. The largest absolute Gasteiger partial charge is 0.495 e. The SMILES string of the molecule is COc1ccc(NS(=O)(=O)c2ccccc2F)cc1S(N)(=O)=O. The van der Waals surface area contributed by atoms with E-state index in [1.54, 1.807) is 0 Å². The van der Waals surface area contributed by atoms with Crippen molar-refractivity contribution in [1.82, 2.24) is 0 Å². The van der Waals surface area contributed by atoms with Gasteiger partial charge in [0.1, 0.15) is 21.4 Å². The topological polar surface area (TPSA) is 116 Å². The molecule has 0 heterocycles. The number of sulfonamides is 2. The molecule has 0 aliphatic rings. The van der Waals surface area contributed by atoms with Gasteiger partial charge in [-0.1, -0.05) is 12.1 Å². The van der Waals surface area contributed by atoms with Crippen LogP contribution < -0.4 is 14.6 Å². The zero-order chi connectivity index (χ0) is 17.3. The third kappa shape index (κ3) is 3.78. The molecule has 0 saturated heterocycles. The zero-order valence-corrected chi connectivity index (χ0v) is 13.5. The summed E-state index contributed by atoms with van der Waals surface area (Å²) in [6.45, 7) is 0. The molecule has 2 rings (SSSR count). The number of nitrogens with one attached hydrogen (secondary N) is 1. The first kappa shape index (κ1) is 17.2. The fraction of sp³-hybridized carbons (Fsp3) is 0.0769. The van der Waals surface area contributed by atoms with Crippen LogP contribution in [0.4, 0.5) is 10.1 Å². The minimum Gasteiger partial charge on any atom is -0.495 e. The molecule has 0 amide bonds. The molecular weight excluding hydrogens is 347 g/mol. The Kier molecular flexibility index (Phi) is 4.59. The predicted molar refractivity (Wildman–Crippen MR) is 81.6 cm³/mol. The van der Waals surface area contributed by atoms with Gasteiger partial charge in [-0.15, -0.1) is 0 Å². The molecule has 0 aromatic heterocycles. The maximum Gasteiger partial charge on any atom is 0.264 e. The zero-order valence-electron chi connectivity index (χ0n) is 11.9. The molecule has 2 aromatic carbocycles. The highest BCUT2D eigenvalue weighted by molar-refractivity contribution is 7.92. The minimum absolute atomic E-state index is 0.0404. The van der Waals surface area contributed by atoms with Crippen LogP contribution in [0.1, 0.15) is 0 Å². The van der Waals surface area contributed by atoms with Crippen molar-refractivity contribution in [2.75, 3.05) is 11.8 Å². The Bertz CT molecular complexity index is 943. The van der Waals surface area contributed by atoms with Gasteiger partial charge in [-0.05, 0) is 30.3 Å². The Morgan fingerprint density at radius 2 is 1.70 bits per heavy atom. The number of rotatable bonds is 5. The van der Waals surface area contributed by atoms with Crippen LogP contribution >= 0.6 is 0 Å². The second kappa shape index (κ2) is 6.14. The number of primary sulfonamides is 1. The molecule has 0 radical (unpaired) electrons. The van der Waals surface area contributed by atoms with Crippen LogP contribution in [0.2, 0.25) is 0 Å². The smallest absolute Gasteiger partial charge is 0.264 e. The number of halogens is 1. The van der Waals surface area contributed by atoms with Gasteiger partial charge in [0.2, 0.25) is 10.0 Å². The van der Waals surface area contributed by atoms with E-state index < -0.39 is 35.7 Å². The minimum atomic E-state index is -4.23. The molecule has 23 heavy (non-hydrogen) atoms. The van der Waals surface area contributed by atoms with Gasteiger partial charge < -0.3 is 4.74 Å². The summed E-state index contributed by atoms with van der Waals surface area (Å²) in [7, 11) is -7.11. The molecule has 10 heteroatoms. The van der Waals surface area contributed by atoms with E-state index in [1.807, 2.05) is 0 Å². The highest BCUT2D eigenvalue weighted by atomic mass is 32.2. The van der Waals surface area contributed by atoms with E-state index in [2.05, 4.69) is 4.72 Å². The van der Waals surface area contributed by atoms with E-state index in [9.17, 15) is 21.2 Å². The summed E-state index contributed by atoms with van der Waals surface area (Å²) in [6, 6.07) is 8.29. The van der Waals surface area contributed by atoms with E-state index in [0.717, 1.165) is 18.2 Å². The third-order valence-electron chi connectivity index (χ3n) is 2.85. The standard InChI is InChI=1S/C13H13FN2O5S2/c1-21-11-7-6-9(8-13(11)22(15,17)18)16-23(19,20)12-5-3-2-4-10(12)14/h2-8,16H,1H3,(H2,15,17,18). The molecule has 3 N–H and O–H groups in total. The summed E-state index contributed by atoms with van der Waals surface area (Å²) >= 11 is 0. The molecule has 2 aromatic rings. The first-order chi connectivity index (χ1) is 10.6. The van der Waals surface area contributed by atoms with Crippen LogP contribution in [0, 0.1) is 5.82 Å². The first-order valence-electron chi connectivity index (χ1n) is 6.13. The van der Waals surface area contributed by atoms with Crippen LogP contribution in [-0.4, -0.2) is 23.9 Å². The molecule has 0 saturated carbocycles. The van der Waals surface area contributed by atoms with Crippen molar-refractivity contribution in [3.05, 3.63) is 48.3 Å². The molecule has 0 aliphatic heterocycles. The van der Waals surface area contributed by atoms with Crippen molar-refractivity contribution in [2.24, 2.45) is 5.14 Å². The van der Waals surface area contributed by atoms with Gasteiger partial charge in [-0.25, -0.2) is 26.4 Å². The van der Waals surface area contributed by atoms with E-state index in [1.165, 1.54) is 31.4 Å². The monoisotopic (exact) mass is 360 g/mol. The predicted octanol–water partition coefficient (Wildman–Crippen LogP) is 1.28. The van der Waals surface area contributed by atoms with E-state index in [0.29, 0.717) is 0 Å². The highest BCUT2D eigenvalue weighted by Gasteiger charge is 2.21. The molecule has 0 bridgehead atoms. The first-order valence-corrected chi connectivity index (χ1v) is 9.16. The summed E-state index contributed by atoms with van der Waals surface area (Å²) in [4.78, 5) is -0.957. The van der Waals surface area contributed by atoms with Crippen LogP contribution in [0.3, 0.4) is 0 Å². The number of methoxy groups -OCH3 is 1. The maximum absolute atomic E-state index is 13.6. The van der Waals surface area contributed by atoms with Crippen LogP contribution in [0.5, 0.6) is 5.75 Å². The summed E-state index contributed by atoms with van der Waals surface area (Å²) in [6.07, 6.45) is 0. The fourth-order valence-electron chi connectivity index (χ4n) is 1.84. The number of hydrogen-bond acceptors (Lipinski definition) is 5. The van der Waals surface area contributed by atoms with Crippen molar-refractivity contribution in [2.45, 2.75) is 9.79 Å². The Labute approximate surface area is 133 Å². The van der Waals surface area contributed by atoms with E-state index in [4.69, 9.17) is 9.88 Å². The Morgan fingerprint density at radius 3 is 2.26 bits per heavy atom. The second-order valence-electron chi connectivity index (χ2n) is 4.45. The molecule has 0 fully saturated rings. The summed E-state index contributed by atoms with van der Waals surface area (Å²) in [5.74, 6) is -0.971. The molecule has 124 valence electrons. The summed E-state index contributed by atoms with van der Waals surface area (Å²) in [5.41, 5.74) is -0.0990. The van der Waals surface area contributed by atoms with Crippen molar-refractivity contribution < 1.29 is 26.0 Å². The fourth-order valence-corrected chi connectivity index (χ4v) is 3.69. The van der Waals surface area contributed by atoms with E-state index >= 15 is 0 Å². The van der Waals surface area contributed by atoms with Crippen LogP contribution in [0.25, 0.3) is 0 Å². The average molecular weight is 360 g/mol. The normalized spacial score (nSPS) is 12.0. The lowest BCUT2D eigenvalue weighted by atomic mass is 10.3.